The van der Waals surface area contributed by atoms with Gasteiger partial charge in [0.05, 0.1) is 11.6 Å². The molecule has 0 spiro atoms. The van der Waals surface area contributed by atoms with Crippen LogP contribution in [0.5, 0.6) is 0 Å². The van der Waals surface area contributed by atoms with Crippen LogP contribution in [0.1, 0.15) is 24.3 Å². The third kappa shape index (κ3) is 2.83. The van der Waals surface area contributed by atoms with Crippen molar-refractivity contribution in [3.8, 4) is 0 Å². The second-order valence-corrected chi connectivity index (χ2v) is 5.37. The number of aromatic nitrogens is 1. The van der Waals surface area contributed by atoms with E-state index >= 15 is 0 Å². The van der Waals surface area contributed by atoms with Gasteiger partial charge in [-0.05, 0) is 6.42 Å². The lowest BCUT2D eigenvalue weighted by Gasteiger charge is -2.21. The molecular formula is C11H17N3O2S. The molecule has 1 amide bonds. The highest BCUT2D eigenvalue weighted by atomic mass is 32.1. The third-order valence-corrected chi connectivity index (χ3v) is 3.95. The van der Waals surface area contributed by atoms with Gasteiger partial charge in [-0.15, -0.1) is 11.3 Å². The van der Waals surface area contributed by atoms with Crippen molar-refractivity contribution in [2.75, 3.05) is 19.8 Å². The number of carbonyl (C=O) groups excluding carboxylic acids is 1. The van der Waals surface area contributed by atoms with Crippen LogP contribution >= 0.6 is 11.3 Å². The molecule has 5 nitrogen and oxygen atoms in total. The number of hydrogen-bond acceptors (Lipinski definition) is 5. The van der Waals surface area contributed by atoms with Gasteiger partial charge in [-0.1, -0.05) is 6.92 Å². The van der Waals surface area contributed by atoms with Crippen LogP contribution in [0, 0.1) is 0 Å². The van der Waals surface area contributed by atoms with Crippen LogP contribution in [0.25, 0.3) is 0 Å². The van der Waals surface area contributed by atoms with Crippen molar-refractivity contribution in [1.82, 2.24) is 10.3 Å². The normalized spacial score (nSPS) is 25.8. The lowest BCUT2D eigenvalue weighted by Crippen LogP contribution is -2.55. The van der Waals surface area contributed by atoms with Crippen molar-refractivity contribution in [2.45, 2.75) is 24.8 Å². The summed E-state index contributed by atoms with van der Waals surface area (Å²) in [5.41, 5.74) is 5.11. The number of amides is 1. The quantitative estimate of drug-likeness (QED) is 0.820. The van der Waals surface area contributed by atoms with E-state index in [9.17, 15) is 4.79 Å². The Morgan fingerprint density at radius 3 is 3.24 bits per heavy atom. The molecule has 2 rings (SSSR count). The smallest absolute Gasteiger partial charge is 0.242 e. The Morgan fingerprint density at radius 1 is 1.82 bits per heavy atom. The highest BCUT2D eigenvalue weighted by Gasteiger charge is 2.38. The molecule has 0 aliphatic carbocycles. The lowest BCUT2D eigenvalue weighted by molar-refractivity contribution is -0.126. The molecule has 0 radical (unpaired) electrons. The average Bonchev–Trinajstić information content (AvgIpc) is 2.96. The van der Waals surface area contributed by atoms with E-state index in [2.05, 4.69) is 10.3 Å². The fraction of sp³-hybridized carbons (Fsp3) is 0.636. The summed E-state index contributed by atoms with van der Waals surface area (Å²) in [4.78, 5) is 16.1. The second kappa shape index (κ2) is 5.12. The molecule has 1 aromatic rings. The van der Waals surface area contributed by atoms with Crippen molar-refractivity contribution in [1.29, 1.82) is 0 Å². The van der Waals surface area contributed by atoms with Gasteiger partial charge in [-0.2, -0.15) is 0 Å². The maximum Gasteiger partial charge on any atom is 0.242 e. The van der Waals surface area contributed by atoms with E-state index in [4.69, 9.17) is 10.5 Å². The Balaban J connectivity index is 1.84. The van der Waals surface area contributed by atoms with Gasteiger partial charge in [0, 0.05) is 30.6 Å². The Kier molecular flexibility index (Phi) is 3.76. The fourth-order valence-electron chi connectivity index (χ4n) is 1.75. The molecule has 94 valence electrons. The number of rotatable bonds is 4. The van der Waals surface area contributed by atoms with E-state index < -0.39 is 5.54 Å². The third-order valence-electron chi connectivity index (χ3n) is 2.95. The molecule has 1 aliphatic rings. The van der Waals surface area contributed by atoms with Crippen LogP contribution in [0.2, 0.25) is 0 Å². The van der Waals surface area contributed by atoms with Crippen molar-refractivity contribution in [3.05, 3.63) is 16.6 Å². The number of nitrogens with one attached hydrogen (secondary N) is 1. The molecule has 6 heteroatoms. The zero-order valence-corrected chi connectivity index (χ0v) is 10.6. The van der Waals surface area contributed by atoms with Crippen molar-refractivity contribution >= 4 is 17.2 Å². The van der Waals surface area contributed by atoms with Crippen molar-refractivity contribution in [2.24, 2.45) is 5.73 Å². The van der Waals surface area contributed by atoms with Gasteiger partial charge in [0.25, 0.3) is 0 Å². The molecular weight excluding hydrogens is 238 g/mol. The lowest BCUT2D eigenvalue weighted by atomic mass is 9.99. The van der Waals surface area contributed by atoms with E-state index in [1.807, 2.05) is 12.3 Å². The number of thiazole rings is 1. The maximum atomic E-state index is 11.9. The number of hydrogen-bond donors (Lipinski definition) is 2. The molecule has 1 fully saturated rings. The minimum atomic E-state index is -0.845. The van der Waals surface area contributed by atoms with E-state index in [1.54, 1.807) is 17.5 Å². The van der Waals surface area contributed by atoms with E-state index in [-0.39, 0.29) is 11.8 Å². The van der Waals surface area contributed by atoms with Gasteiger partial charge in [-0.3, -0.25) is 4.79 Å². The first-order valence-electron chi connectivity index (χ1n) is 5.66. The van der Waals surface area contributed by atoms with Gasteiger partial charge in [0.15, 0.2) is 0 Å². The van der Waals surface area contributed by atoms with Crippen LogP contribution in [0.4, 0.5) is 0 Å². The first kappa shape index (κ1) is 12.5. The first-order chi connectivity index (χ1) is 8.12. The average molecular weight is 255 g/mol. The minimum absolute atomic E-state index is 0.126. The molecule has 0 saturated carbocycles. The Bertz CT molecular complexity index is 374. The molecule has 0 aromatic carbocycles. The number of ether oxygens (including phenoxy) is 1. The van der Waals surface area contributed by atoms with E-state index in [0.717, 1.165) is 5.01 Å². The van der Waals surface area contributed by atoms with Crippen LogP contribution in [0.15, 0.2) is 11.6 Å². The molecule has 1 aliphatic heterocycles. The van der Waals surface area contributed by atoms with Gasteiger partial charge in [0.1, 0.15) is 5.54 Å². The van der Waals surface area contributed by atoms with Gasteiger partial charge in [-0.25, -0.2) is 4.98 Å². The Morgan fingerprint density at radius 2 is 2.65 bits per heavy atom. The summed E-state index contributed by atoms with van der Waals surface area (Å²) in [6.45, 7) is 3.47. The monoisotopic (exact) mass is 255 g/mol. The number of nitrogens with two attached hydrogens (primary N) is 1. The summed E-state index contributed by atoms with van der Waals surface area (Å²) in [5, 5.41) is 5.84. The summed E-state index contributed by atoms with van der Waals surface area (Å²) < 4.78 is 5.16. The summed E-state index contributed by atoms with van der Waals surface area (Å²) >= 11 is 1.60. The Labute approximate surface area is 104 Å². The minimum Gasteiger partial charge on any atom is -0.379 e. The molecule has 1 saturated heterocycles. The second-order valence-electron chi connectivity index (χ2n) is 4.44. The van der Waals surface area contributed by atoms with Crippen molar-refractivity contribution < 1.29 is 9.53 Å². The highest BCUT2D eigenvalue weighted by Crippen LogP contribution is 2.18. The van der Waals surface area contributed by atoms with Gasteiger partial charge < -0.3 is 15.8 Å². The highest BCUT2D eigenvalue weighted by molar-refractivity contribution is 7.09. The van der Waals surface area contributed by atoms with E-state index in [1.165, 1.54) is 0 Å². The summed E-state index contributed by atoms with van der Waals surface area (Å²) in [5.74, 6) is 0.0864. The predicted molar refractivity (Wildman–Crippen MR) is 65.9 cm³/mol. The van der Waals surface area contributed by atoms with Crippen LogP contribution in [-0.4, -0.2) is 36.2 Å². The first-order valence-corrected chi connectivity index (χ1v) is 6.54. The predicted octanol–water partition coefficient (Wildman–Crippen LogP) is 0.481. The molecule has 2 atom stereocenters. The molecule has 2 heterocycles. The maximum absolute atomic E-state index is 11.9. The fourth-order valence-corrected chi connectivity index (χ4v) is 2.45. The zero-order valence-electron chi connectivity index (χ0n) is 9.81. The van der Waals surface area contributed by atoms with Crippen LogP contribution in [-0.2, 0) is 9.53 Å². The van der Waals surface area contributed by atoms with E-state index in [0.29, 0.717) is 26.2 Å². The molecule has 0 bridgehead atoms. The van der Waals surface area contributed by atoms with Crippen molar-refractivity contribution in [3.63, 3.8) is 0 Å². The topological polar surface area (TPSA) is 77.2 Å². The molecule has 1 aromatic heterocycles. The Hall–Kier alpha value is -0.980. The number of carbonyl (C=O) groups is 1. The number of nitrogens with zero attached hydrogens (tertiary/aromatic N) is 1. The van der Waals surface area contributed by atoms with Gasteiger partial charge >= 0.3 is 0 Å². The summed E-state index contributed by atoms with van der Waals surface area (Å²) in [6.07, 6.45) is 2.36. The SMILES string of the molecule is CC(CNC(=O)C1(N)CCOC1)c1nccs1. The molecule has 17 heavy (non-hydrogen) atoms. The zero-order chi connectivity index (χ0) is 12.3. The summed E-state index contributed by atoms with van der Waals surface area (Å²) in [6, 6.07) is 0. The van der Waals surface area contributed by atoms with Gasteiger partial charge in [0.2, 0.25) is 5.91 Å². The van der Waals surface area contributed by atoms with Crippen LogP contribution < -0.4 is 11.1 Å². The standard InChI is InChI=1S/C11H17N3O2S/c1-8(9-13-3-5-17-9)6-14-10(15)11(12)2-4-16-7-11/h3,5,8H,2,4,6-7,12H2,1H3,(H,14,15). The van der Waals surface area contributed by atoms with Crippen LogP contribution in [0.3, 0.4) is 0 Å². The largest absolute Gasteiger partial charge is 0.379 e. The molecule has 2 unspecified atom stereocenters. The summed E-state index contributed by atoms with van der Waals surface area (Å²) in [7, 11) is 0. The molecule has 3 N–H and O–H groups in total.